The Morgan fingerprint density at radius 2 is 2.24 bits per heavy atom. The standard InChI is InChI=1S/C11H21N5.HI/c1-5-10-9(7-16(4)15-10)6-13-11(12)14-8(2)3;/h7-8H,5-6H2,1-4H3,(H3,12,13,14);1H. The molecule has 1 heterocycles. The molecule has 0 atom stereocenters. The van der Waals surface area contributed by atoms with E-state index in [9.17, 15) is 0 Å². The molecule has 0 amide bonds. The zero-order valence-electron chi connectivity index (χ0n) is 10.9. The second-order valence-electron chi connectivity index (χ2n) is 4.13. The molecule has 6 heteroatoms. The zero-order valence-corrected chi connectivity index (χ0v) is 13.2. The van der Waals surface area contributed by atoms with Gasteiger partial charge < -0.3 is 11.1 Å². The van der Waals surface area contributed by atoms with Crippen molar-refractivity contribution in [2.45, 2.75) is 39.8 Å². The highest BCUT2D eigenvalue weighted by molar-refractivity contribution is 14.0. The first-order chi connectivity index (χ1) is 7.52. The maximum atomic E-state index is 5.73. The normalized spacial score (nSPS) is 11.5. The van der Waals surface area contributed by atoms with Gasteiger partial charge in [-0.2, -0.15) is 5.10 Å². The summed E-state index contributed by atoms with van der Waals surface area (Å²) in [5, 5.41) is 7.41. The van der Waals surface area contributed by atoms with Gasteiger partial charge in [0.1, 0.15) is 0 Å². The van der Waals surface area contributed by atoms with Crippen molar-refractivity contribution in [3.05, 3.63) is 17.5 Å². The lowest BCUT2D eigenvalue weighted by molar-refractivity contribution is 0.723. The Morgan fingerprint density at radius 1 is 1.59 bits per heavy atom. The van der Waals surface area contributed by atoms with Crippen molar-refractivity contribution in [2.75, 3.05) is 0 Å². The van der Waals surface area contributed by atoms with E-state index in [1.165, 1.54) is 0 Å². The molecule has 0 aliphatic rings. The third kappa shape index (κ3) is 5.38. The molecule has 0 spiro atoms. The van der Waals surface area contributed by atoms with Crippen LogP contribution in [0.2, 0.25) is 0 Å². The van der Waals surface area contributed by atoms with Crippen LogP contribution in [-0.2, 0) is 20.0 Å². The second kappa shape index (κ2) is 7.52. The smallest absolute Gasteiger partial charge is 0.189 e. The number of aromatic nitrogens is 2. The lowest BCUT2D eigenvalue weighted by Gasteiger charge is -2.08. The van der Waals surface area contributed by atoms with Crippen molar-refractivity contribution in [3.63, 3.8) is 0 Å². The molecule has 0 bridgehead atoms. The Morgan fingerprint density at radius 3 is 2.76 bits per heavy atom. The Labute approximate surface area is 120 Å². The van der Waals surface area contributed by atoms with Crippen molar-refractivity contribution in [2.24, 2.45) is 17.8 Å². The summed E-state index contributed by atoms with van der Waals surface area (Å²) in [7, 11) is 1.92. The summed E-state index contributed by atoms with van der Waals surface area (Å²) in [6.45, 7) is 6.74. The molecule has 1 rings (SSSR count). The van der Waals surface area contributed by atoms with Crippen LogP contribution in [0, 0.1) is 0 Å². The van der Waals surface area contributed by atoms with Crippen molar-refractivity contribution < 1.29 is 0 Å². The van der Waals surface area contributed by atoms with Crippen molar-refractivity contribution in [1.82, 2.24) is 15.1 Å². The summed E-state index contributed by atoms with van der Waals surface area (Å²) in [5.41, 5.74) is 7.96. The minimum Gasteiger partial charge on any atom is -0.370 e. The van der Waals surface area contributed by atoms with Gasteiger partial charge in [-0.1, -0.05) is 6.92 Å². The van der Waals surface area contributed by atoms with Gasteiger partial charge in [0.15, 0.2) is 5.96 Å². The Balaban J connectivity index is 0.00000256. The summed E-state index contributed by atoms with van der Waals surface area (Å²) in [6.07, 6.45) is 2.91. The minimum atomic E-state index is 0. The lowest BCUT2D eigenvalue weighted by Crippen LogP contribution is -2.36. The topological polar surface area (TPSA) is 68.2 Å². The molecule has 5 nitrogen and oxygen atoms in total. The average molecular weight is 351 g/mol. The quantitative estimate of drug-likeness (QED) is 0.490. The molecule has 0 saturated carbocycles. The summed E-state index contributed by atoms with van der Waals surface area (Å²) in [6, 6.07) is 0.309. The molecule has 17 heavy (non-hydrogen) atoms. The molecule has 0 saturated heterocycles. The number of nitrogens with two attached hydrogens (primary N) is 1. The van der Waals surface area contributed by atoms with E-state index >= 15 is 0 Å². The maximum Gasteiger partial charge on any atom is 0.189 e. The molecular weight excluding hydrogens is 329 g/mol. The molecule has 0 aromatic carbocycles. The number of aliphatic imine (C=N–C) groups is 1. The third-order valence-corrected chi connectivity index (χ3v) is 2.18. The maximum absolute atomic E-state index is 5.73. The number of aryl methyl sites for hydroxylation is 2. The molecule has 0 fully saturated rings. The lowest BCUT2D eigenvalue weighted by atomic mass is 10.2. The van der Waals surface area contributed by atoms with Crippen LogP contribution in [-0.4, -0.2) is 21.8 Å². The molecule has 98 valence electrons. The number of hydrogen-bond acceptors (Lipinski definition) is 2. The number of guanidine groups is 1. The molecule has 0 radical (unpaired) electrons. The summed E-state index contributed by atoms with van der Waals surface area (Å²) in [5.74, 6) is 0.487. The van der Waals surface area contributed by atoms with Crippen LogP contribution in [0.25, 0.3) is 0 Å². The van der Waals surface area contributed by atoms with Crippen LogP contribution in [0.15, 0.2) is 11.2 Å². The van der Waals surface area contributed by atoms with E-state index in [-0.39, 0.29) is 24.0 Å². The number of nitrogens with zero attached hydrogens (tertiary/aromatic N) is 3. The van der Waals surface area contributed by atoms with Crippen molar-refractivity contribution >= 4 is 29.9 Å². The van der Waals surface area contributed by atoms with Gasteiger partial charge in [0.05, 0.1) is 12.2 Å². The van der Waals surface area contributed by atoms with Crippen LogP contribution in [0.1, 0.15) is 32.0 Å². The van der Waals surface area contributed by atoms with Crippen LogP contribution < -0.4 is 11.1 Å². The van der Waals surface area contributed by atoms with Gasteiger partial charge >= 0.3 is 0 Å². The summed E-state index contributed by atoms with van der Waals surface area (Å²) >= 11 is 0. The molecule has 0 aliphatic heterocycles. The highest BCUT2D eigenvalue weighted by atomic mass is 127. The summed E-state index contributed by atoms with van der Waals surface area (Å²) < 4.78 is 1.82. The molecule has 1 aromatic heterocycles. The van der Waals surface area contributed by atoms with E-state index in [0.717, 1.165) is 17.7 Å². The van der Waals surface area contributed by atoms with E-state index in [4.69, 9.17) is 5.73 Å². The van der Waals surface area contributed by atoms with E-state index in [0.29, 0.717) is 18.5 Å². The first-order valence-corrected chi connectivity index (χ1v) is 5.60. The number of rotatable bonds is 4. The Kier molecular flexibility index (Phi) is 7.17. The van der Waals surface area contributed by atoms with Gasteiger partial charge in [-0.3, -0.25) is 4.68 Å². The van der Waals surface area contributed by atoms with Gasteiger partial charge in [-0.25, -0.2) is 4.99 Å². The summed E-state index contributed by atoms with van der Waals surface area (Å²) in [4.78, 5) is 4.29. The molecule has 0 unspecified atom stereocenters. The van der Waals surface area contributed by atoms with Gasteiger partial charge in [-0.05, 0) is 20.3 Å². The van der Waals surface area contributed by atoms with Crippen molar-refractivity contribution in [3.8, 4) is 0 Å². The first-order valence-electron chi connectivity index (χ1n) is 5.60. The van der Waals surface area contributed by atoms with E-state index in [1.807, 2.05) is 31.8 Å². The van der Waals surface area contributed by atoms with Crippen LogP contribution in [0.3, 0.4) is 0 Å². The predicted molar refractivity (Wildman–Crippen MR) is 81.6 cm³/mol. The predicted octanol–water partition coefficient (Wildman–Crippen LogP) is 1.41. The molecule has 0 aliphatic carbocycles. The zero-order chi connectivity index (χ0) is 12.1. The van der Waals surface area contributed by atoms with Gasteiger partial charge in [0, 0.05) is 24.8 Å². The highest BCUT2D eigenvalue weighted by Gasteiger charge is 2.05. The Hall–Kier alpha value is -0.790. The first kappa shape index (κ1) is 16.2. The fourth-order valence-electron chi connectivity index (χ4n) is 1.53. The van der Waals surface area contributed by atoms with E-state index in [1.54, 1.807) is 0 Å². The number of halogens is 1. The SMILES string of the molecule is CCc1nn(C)cc1CN=C(N)NC(C)C.I. The fourth-order valence-corrected chi connectivity index (χ4v) is 1.53. The second-order valence-corrected chi connectivity index (χ2v) is 4.13. The minimum absolute atomic E-state index is 0. The van der Waals surface area contributed by atoms with Crippen molar-refractivity contribution in [1.29, 1.82) is 0 Å². The molecule has 3 N–H and O–H groups in total. The number of nitrogens with one attached hydrogen (secondary N) is 1. The van der Waals surface area contributed by atoms with Crippen LogP contribution in [0.5, 0.6) is 0 Å². The molecular formula is C11H22IN5. The van der Waals surface area contributed by atoms with Gasteiger partial charge in [0.2, 0.25) is 0 Å². The van der Waals surface area contributed by atoms with Gasteiger partial charge in [-0.15, -0.1) is 24.0 Å². The fraction of sp³-hybridized carbons (Fsp3) is 0.636. The highest BCUT2D eigenvalue weighted by Crippen LogP contribution is 2.08. The van der Waals surface area contributed by atoms with Gasteiger partial charge in [0.25, 0.3) is 0 Å². The third-order valence-electron chi connectivity index (χ3n) is 2.18. The average Bonchev–Trinajstić information content (AvgIpc) is 2.55. The largest absolute Gasteiger partial charge is 0.370 e. The number of hydrogen-bond donors (Lipinski definition) is 2. The van der Waals surface area contributed by atoms with Crippen LogP contribution >= 0.6 is 24.0 Å². The van der Waals surface area contributed by atoms with E-state index < -0.39 is 0 Å². The Bertz CT molecular complexity index is 370. The van der Waals surface area contributed by atoms with E-state index in [2.05, 4.69) is 22.3 Å². The monoisotopic (exact) mass is 351 g/mol. The molecule has 1 aromatic rings. The van der Waals surface area contributed by atoms with Crippen LogP contribution in [0.4, 0.5) is 0 Å².